The van der Waals surface area contributed by atoms with Gasteiger partial charge in [0.15, 0.2) is 22.3 Å². The number of methoxy groups -OCH3 is 1. The number of thiocarbonyl (C=S) groups is 1. The lowest BCUT2D eigenvalue weighted by atomic mass is 9.78. The van der Waals surface area contributed by atoms with Crippen LogP contribution >= 0.6 is 12.2 Å². The largest absolute Gasteiger partial charge is 0.494 e. The third-order valence-electron chi connectivity index (χ3n) is 7.04. The van der Waals surface area contributed by atoms with Crippen LogP contribution in [0.1, 0.15) is 36.6 Å². The molecule has 2 bridgehead atoms. The minimum absolute atomic E-state index is 0.168. The SMILES string of the molecule is CCOc1ccc(N2C(=S)N[C@H]3c4cccc(OC)c4O[C@]2(C)[C@@H]3C(=O)Nc2ccc(C)cc2C)cc1. The van der Waals surface area contributed by atoms with E-state index in [4.69, 9.17) is 26.4 Å². The second-order valence-electron chi connectivity index (χ2n) is 9.51. The first-order valence-corrected chi connectivity index (χ1v) is 12.7. The molecular formula is C29H31N3O4S. The second kappa shape index (κ2) is 9.59. The molecule has 1 fully saturated rings. The van der Waals surface area contributed by atoms with Gasteiger partial charge in [0.2, 0.25) is 5.91 Å². The highest BCUT2D eigenvalue weighted by Crippen LogP contribution is 2.52. The highest BCUT2D eigenvalue weighted by Gasteiger charge is 2.59. The predicted octanol–water partition coefficient (Wildman–Crippen LogP) is 5.51. The maximum atomic E-state index is 14.1. The van der Waals surface area contributed by atoms with Crippen molar-refractivity contribution < 1.29 is 19.0 Å². The molecule has 1 amide bonds. The van der Waals surface area contributed by atoms with Crippen LogP contribution in [0.3, 0.4) is 0 Å². The van der Waals surface area contributed by atoms with Crippen molar-refractivity contribution in [1.82, 2.24) is 5.32 Å². The number of rotatable bonds is 6. The van der Waals surface area contributed by atoms with Gasteiger partial charge in [-0.1, -0.05) is 29.8 Å². The molecule has 2 heterocycles. The highest BCUT2D eigenvalue weighted by molar-refractivity contribution is 7.80. The Labute approximate surface area is 222 Å². The average Bonchev–Trinajstić information content (AvgIpc) is 2.86. The van der Waals surface area contributed by atoms with E-state index in [1.54, 1.807) is 7.11 Å². The van der Waals surface area contributed by atoms with Gasteiger partial charge in [-0.05, 0) is 81.9 Å². The zero-order valence-electron chi connectivity index (χ0n) is 21.6. The summed E-state index contributed by atoms with van der Waals surface area (Å²) in [6.07, 6.45) is 0. The zero-order chi connectivity index (χ0) is 26.3. The van der Waals surface area contributed by atoms with E-state index in [0.717, 1.165) is 33.8 Å². The molecule has 0 aliphatic carbocycles. The molecule has 8 heteroatoms. The molecule has 192 valence electrons. The summed E-state index contributed by atoms with van der Waals surface area (Å²) < 4.78 is 18.0. The van der Waals surface area contributed by atoms with Crippen LogP contribution in [-0.4, -0.2) is 30.5 Å². The Kier molecular flexibility index (Phi) is 6.45. The fraction of sp³-hybridized carbons (Fsp3) is 0.310. The summed E-state index contributed by atoms with van der Waals surface area (Å²) in [6.45, 7) is 8.44. The molecule has 0 saturated carbocycles. The van der Waals surface area contributed by atoms with Crippen LogP contribution in [0.25, 0.3) is 0 Å². The number of amides is 1. The topological polar surface area (TPSA) is 72.1 Å². The van der Waals surface area contributed by atoms with E-state index in [9.17, 15) is 4.79 Å². The van der Waals surface area contributed by atoms with E-state index in [-0.39, 0.29) is 5.91 Å². The van der Waals surface area contributed by atoms with Crippen LogP contribution < -0.4 is 29.7 Å². The van der Waals surface area contributed by atoms with Gasteiger partial charge in [-0.3, -0.25) is 9.69 Å². The van der Waals surface area contributed by atoms with Crippen molar-refractivity contribution in [3.63, 3.8) is 0 Å². The lowest BCUT2D eigenvalue weighted by Crippen LogP contribution is -2.72. The van der Waals surface area contributed by atoms with Gasteiger partial charge in [-0.15, -0.1) is 0 Å². The number of aryl methyl sites for hydroxylation is 2. The van der Waals surface area contributed by atoms with Crippen LogP contribution in [0.15, 0.2) is 60.7 Å². The molecule has 0 unspecified atom stereocenters. The van der Waals surface area contributed by atoms with Crippen molar-refractivity contribution in [3.05, 3.63) is 77.4 Å². The number of fused-ring (bicyclic) bond motifs is 4. The number of nitrogens with zero attached hydrogens (tertiary/aromatic N) is 1. The zero-order valence-corrected chi connectivity index (χ0v) is 22.4. The molecule has 37 heavy (non-hydrogen) atoms. The molecule has 7 nitrogen and oxygen atoms in total. The van der Waals surface area contributed by atoms with E-state index in [1.807, 2.05) is 87.2 Å². The molecule has 3 atom stereocenters. The maximum absolute atomic E-state index is 14.1. The fourth-order valence-corrected chi connectivity index (χ4v) is 5.76. The number of carbonyl (C=O) groups excluding carboxylic acids is 1. The first-order chi connectivity index (χ1) is 17.8. The van der Waals surface area contributed by atoms with Gasteiger partial charge in [0.25, 0.3) is 0 Å². The summed E-state index contributed by atoms with van der Waals surface area (Å²) in [4.78, 5) is 15.9. The van der Waals surface area contributed by atoms with E-state index in [1.165, 1.54) is 0 Å². The molecule has 3 aromatic rings. The average molecular weight is 518 g/mol. The first kappa shape index (κ1) is 24.9. The van der Waals surface area contributed by atoms with Crippen LogP contribution in [0.2, 0.25) is 0 Å². The Balaban J connectivity index is 1.61. The fourth-order valence-electron chi connectivity index (χ4n) is 5.34. The predicted molar refractivity (Wildman–Crippen MR) is 149 cm³/mol. The second-order valence-corrected chi connectivity index (χ2v) is 9.90. The van der Waals surface area contributed by atoms with Gasteiger partial charge in [0.05, 0.1) is 19.8 Å². The lowest BCUT2D eigenvalue weighted by Gasteiger charge is -2.56. The van der Waals surface area contributed by atoms with Crippen molar-refractivity contribution in [1.29, 1.82) is 0 Å². The number of carbonyl (C=O) groups is 1. The van der Waals surface area contributed by atoms with Gasteiger partial charge in [-0.25, -0.2) is 0 Å². The van der Waals surface area contributed by atoms with Crippen molar-refractivity contribution >= 4 is 34.6 Å². The van der Waals surface area contributed by atoms with E-state index in [0.29, 0.717) is 23.2 Å². The summed E-state index contributed by atoms with van der Waals surface area (Å²) in [5, 5.41) is 7.06. The van der Waals surface area contributed by atoms with Crippen LogP contribution in [0.4, 0.5) is 11.4 Å². The van der Waals surface area contributed by atoms with Crippen molar-refractivity contribution in [3.8, 4) is 17.2 Å². The first-order valence-electron chi connectivity index (χ1n) is 12.3. The Morgan fingerprint density at radius 3 is 2.59 bits per heavy atom. The molecule has 0 aromatic heterocycles. The number of ether oxygens (including phenoxy) is 3. The smallest absolute Gasteiger partial charge is 0.236 e. The molecular weight excluding hydrogens is 486 g/mol. The van der Waals surface area contributed by atoms with E-state index < -0.39 is 17.7 Å². The number of para-hydroxylation sites is 1. The van der Waals surface area contributed by atoms with Gasteiger partial charge >= 0.3 is 0 Å². The van der Waals surface area contributed by atoms with Crippen LogP contribution in [-0.2, 0) is 4.79 Å². The summed E-state index contributed by atoms with van der Waals surface area (Å²) in [6, 6.07) is 18.9. The third kappa shape index (κ3) is 4.25. The summed E-state index contributed by atoms with van der Waals surface area (Å²) in [5.74, 6) is 1.14. The Morgan fingerprint density at radius 1 is 1.16 bits per heavy atom. The molecule has 2 aliphatic rings. The monoisotopic (exact) mass is 517 g/mol. The van der Waals surface area contributed by atoms with Crippen molar-refractivity contribution in [2.45, 2.75) is 39.5 Å². The Hall–Kier alpha value is -3.78. The number of nitrogens with one attached hydrogen (secondary N) is 2. The number of hydrogen-bond donors (Lipinski definition) is 2. The van der Waals surface area contributed by atoms with Gasteiger partial charge in [-0.2, -0.15) is 0 Å². The lowest BCUT2D eigenvalue weighted by molar-refractivity contribution is -0.130. The molecule has 0 radical (unpaired) electrons. The minimum Gasteiger partial charge on any atom is -0.494 e. The number of hydrogen-bond acceptors (Lipinski definition) is 5. The molecule has 5 rings (SSSR count). The number of benzene rings is 3. The van der Waals surface area contributed by atoms with E-state index >= 15 is 0 Å². The van der Waals surface area contributed by atoms with Crippen LogP contribution in [0.5, 0.6) is 17.2 Å². The van der Waals surface area contributed by atoms with Gasteiger partial charge < -0.3 is 24.8 Å². The van der Waals surface area contributed by atoms with Crippen molar-refractivity contribution in [2.75, 3.05) is 23.9 Å². The van der Waals surface area contributed by atoms with Crippen molar-refractivity contribution in [2.24, 2.45) is 5.92 Å². The van der Waals surface area contributed by atoms with Gasteiger partial charge in [0.1, 0.15) is 11.7 Å². The maximum Gasteiger partial charge on any atom is 0.236 e. The normalized spacial score (nSPS) is 21.9. The molecule has 2 N–H and O–H groups in total. The summed E-state index contributed by atoms with van der Waals surface area (Å²) >= 11 is 5.85. The summed E-state index contributed by atoms with van der Waals surface area (Å²) in [7, 11) is 1.61. The summed E-state index contributed by atoms with van der Waals surface area (Å²) in [5.41, 5.74) is 3.36. The Morgan fingerprint density at radius 2 is 1.92 bits per heavy atom. The molecule has 1 saturated heterocycles. The standard InChI is InChI=1S/C29H31N3O4S/c1-6-35-20-13-11-19(12-14-20)32-28(37)31-25-21-8-7-9-23(34-5)26(21)36-29(32,4)24(25)27(33)30-22-15-10-17(2)16-18(22)3/h7-16,24-25H,6H2,1-5H3,(H,30,33)(H,31,37)/t24-,25-,29+/m0/s1. The molecule has 0 spiro atoms. The number of anilines is 2. The quantitative estimate of drug-likeness (QED) is 0.418. The molecule has 2 aliphatic heterocycles. The highest BCUT2D eigenvalue weighted by atomic mass is 32.1. The Bertz CT molecular complexity index is 1360. The minimum atomic E-state index is -1.15. The van der Waals surface area contributed by atoms with Crippen LogP contribution in [0, 0.1) is 19.8 Å². The van der Waals surface area contributed by atoms with E-state index in [2.05, 4.69) is 16.7 Å². The third-order valence-corrected chi connectivity index (χ3v) is 7.34. The van der Waals surface area contributed by atoms with Gasteiger partial charge in [0, 0.05) is 16.9 Å². The molecule has 3 aromatic carbocycles.